The molecule has 0 saturated heterocycles. The van der Waals surface area contributed by atoms with Crippen molar-refractivity contribution >= 4 is 11.9 Å². The van der Waals surface area contributed by atoms with Crippen LogP contribution in [0.3, 0.4) is 0 Å². The Hall–Kier alpha value is -1.06. The van der Waals surface area contributed by atoms with Crippen LogP contribution < -0.4 is 10.2 Å². The van der Waals surface area contributed by atoms with E-state index >= 15 is 0 Å². The predicted molar refractivity (Wildman–Crippen MR) is 206 cm³/mol. The minimum absolute atomic E-state index is 0. The maximum atomic E-state index is 10.3. The van der Waals surface area contributed by atoms with Crippen molar-refractivity contribution in [3.8, 4) is 0 Å². The number of carbonyl (C=O) groups is 2. The van der Waals surface area contributed by atoms with Gasteiger partial charge in [0.05, 0.1) is 0 Å². The molecule has 0 aliphatic carbocycles. The van der Waals surface area contributed by atoms with E-state index in [1.807, 2.05) is 0 Å². The molecule has 290 valence electrons. The van der Waals surface area contributed by atoms with Gasteiger partial charge in [0, 0.05) is 11.9 Å². The molecule has 0 atom stereocenters. The second-order valence-corrected chi connectivity index (χ2v) is 14.2. The number of hydrogen-bond acceptors (Lipinski definition) is 4. The molecule has 5 heteroatoms. The number of aliphatic carboxylic acids is 2. The van der Waals surface area contributed by atoms with Crippen LogP contribution in [0.15, 0.2) is 24.3 Å². The number of carboxylic acid groups (broad SMARTS) is 2. The van der Waals surface area contributed by atoms with Crippen molar-refractivity contribution in [1.29, 1.82) is 0 Å². The summed E-state index contributed by atoms with van der Waals surface area (Å²) < 4.78 is 0. The predicted octanol–water partition coefficient (Wildman–Crippen LogP) is 12.7. The fourth-order valence-corrected chi connectivity index (χ4v) is 6.09. The van der Waals surface area contributed by atoms with Crippen LogP contribution in [0.25, 0.3) is 0 Å². The molecule has 0 bridgehead atoms. The minimum atomic E-state index is -0.906. The summed E-state index contributed by atoms with van der Waals surface area (Å²) in [4.78, 5) is 20.5. The van der Waals surface area contributed by atoms with Crippen molar-refractivity contribution in [2.45, 2.75) is 245 Å². The molecule has 0 radical (unpaired) electrons. The van der Waals surface area contributed by atoms with Gasteiger partial charge in [0.1, 0.15) is 0 Å². The molecule has 0 aromatic rings. The summed E-state index contributed by atoms with van der Waals surface area (Å²) in [6.45, 7) is 4.54. The number of allylic oxidation sites excluding steroid dienone is 4. The molecule has 0 N–H and O–H groups in total. The number of rotatable bonds is 38. The normalized spacial score (nSPS) is 11.1. The fourth-order valence-electron chi connectivity index (χ4n) is 6.09. The van der Waals surface area contributed by atoms with E-state index in [0.717, 1.165) is 25.7 Å². The third kappa shape index (κ3) is 56.6. The molecule has 0 spiro atoms. The maximum Gasteiger partial charge on any atom is 2.00 e. The Morgan fingerprint density at radius 3 is 0.714 bits per heavy atom. The van der Waals surface area contributed by atoms with Crippen LogP contribution in [-0.4, -0.2) is 11.9 Å². The first-order valence-corrected chi connectivity index (χ1v) is 21.2. The molecule has 0 saturated carbocycles. The van der Waals surface area contributed by atoms with E-state index in [2.05, 4.69) is 38.2 Å². The van der Waals surface area contributed by atoms with Crippen LogP contribution in [0.5, 0.6) is 0 Å². The molecule has 0 fully saturated rings. The third-order valence-electron chi connectivity index (χ3n) is 9.29. The van der Waals surface area contributed by atoms with E-state index in [4.69, 9.17) is 0 Å². The first-order valence-electron chi connectivity index (χ1n) is 21.2. The summed E-state index contributed by atoms with van der Waals surface area (Å²) in [5.41, 5.74) is 0. The Kier molecular flexibility index (Phi) is 52.4. The van der Waals surface area contributed by atoms with Crippen LogP contribution in [0, 0.1) is 0 Å². The van der Waals surface area contributed by atoms with Gasteiger partial charge in [-0.2, -0.15) is 0 Å². The number of carbonyl (C=O) groups excluding carboxylic acids is 2. The molecule has 0 rings (SSSR count). The SMILES string of the molecule is CCCCCCCC/C=C\CCCCCCCCCCCC(=O)[O-].CCCCCCCC/C=C\CCCCCCCCCCCC(=O)[O-].[Fe+2]. The molecule has 0 heterocycles. The minimum Gasteiger partial charge on any atom is -0.550 e. The van der Waals surface area contributed by atoms with E-state index in [1.54, 1.807) is 0 Å². The Morgan fingerprint density at radius 1 is 0.327 bits per heavy atom. The zero-order chi connectivity index (χ0) is 35.4. The molecule has 0 unspecified atom stereocenters. The van der Waals surface area contributed by atoms with Gasteiger partial charge in [0.25, 0.3) is 0 Å². The van der Waals surface area contributed by atoms with Crippen molar-refractivity contribution in [1.82, 2.24) is 0 Å². The van der Waals surface area contributed by atoms with E-state index in [9.17, 15) is 19.8 Å². The Labute approximate surface area is 317 Å². The molecule has 0 aliphatic heterocycles. The van der Waals surface area contributed by atoms with E-state index in [-0.39, 0.29) is 29.9 Å². The van der Waals surface area contributed by atoms with E-state index in [1.165, 1.54) is 193 Å². The Bertz CT molecular complexity index is 632. The van der Waals surface area contributed by atoms with Crippen LogP contribution >= 0.6 is 0 Å². The first kappa shape index (κ1) is 52.3. The van der Waals surface area contributed by atoms with Crippen molar-refractivity contribution in [2.75, 3.05) is 0 Å². The van der Waals surface area contributed by atoms with Crippen molar-refractivity contribution < 1.29 is 36.9 Å². The second kappa shape index (κ2) is 49.1. The fraction of sp³-hybridized carbons (Fsp3) is 0.864. The molecule has 0 amide bonds. The average Bonchev–Trinajstić information content (AvgIpc) is 3.07. The zero-order valence-corrected chi connectivity index (χ0v) is 33.9. The maximum absolute atomic E-state index is 10.3. The molecular weight excluding hydrogens is 648 g/mol. The number of hydrogen-bond donors (Lipinski definition) is 0. The van der Waals surface area contributed by atoms with Crippen molar-refractivity contribution in [2.24, 2.45) is 0 Å². The summed E-state index contributed by atoms with van der Waals surface area (Å²) in [5.74, 6) is -1.81. The molecule has 4 nitrogen and oxygen atoms in total. The summed E-state index contributed by atoms with van der Waals surface area (Å²) >= 11 is 0. The summed E-state index contributed by atoms with van der Waals surface area (Å²) in [6.07, 6.45) is 53.5. The second-order valence-electron chi connectivity index (χ2n) is 14.2. The molecule has 0 aromatic heterocycles. The van der Waals surface area contributed by atoms with Gasteiger partial charge < -0.3 is 19.8 Å². The molecule has 0 aliphatic rings. The van der Waals surface area contributed by atoms with Crippen molar-refractivity contribution in [3.05, 3.63) is 24.3 Å². The van der Waals surface area contributed by atoms with E-state index < -0.39 is 11.9 Å². The van der Waals surface area contributed by atoms with Gasteiger partial charge in [-0.05, 0) is 77.0 Å². The Morgan fingerprint density at radius 2 is 0.510 bits per heavy atom. The largest absolute Gasteiger partial charge is 2.00 e. The van der Waals surface area contributed by atoms with Crippen LogP contribution in [-0.2, 0) is 26.7 Å². The van der Waals surface area contributed by atoms with Gasteiger partial charge in [-0.1, -0.05) is 192 Å². The van der Waals surface area contributed by atoms with Gasteiger partial charge in [-0.25, -0.2) is 0 Å². The van der Waals surface area contributed by atoms with Gasteiger partial charge in [0.15, 0.2) is 0 Å². The van der Waals surface area contributed by atoms with Crippen LogP contribution in [0.4, 0.5) is 0 Å². The topological polar surface area (TPSA) is 80.3 Å². The van der Waals surface area contributed by atoms with Gasteiger partial charge in [-0.15, -0.1) is 0 Å². The van der Waals surface area contributed by atoms with Crippen LogP contribution in [0.1, 0.15) is 245 Å². The monoisotopic (exact) mass is 731 g/mol. The van der Waals surface area contributed by atoms with Gasteiger partial charge in [-0.3, -0.25) is 0 Å². The summed E-state index contributed by atoms with van der Waals surface area (Å²) in [5, 5.41) is 20.5. The average molecular weight is 731 g/mol. The molecule has 49 heavy (non-hydrogen) atoms. The number of carboxylic acids is 2. The summed E-state index contributed by atoms with van der Waals surface area (Å²) in [6, 6.07) is 0. The third-order valence-corrected chi connectivity index (χ3v) is 9.29. The van der Waals surface area contributed by atoms with E-state index in [0.29, 0.717) is 0 Å². The quantitative estimate of drug-likeness (QED) is 0.0360. The molecule has 0 aromatic carbocycles. The smallest absolute Gasteiger partial charge is 0.550 e. The van der Waals surface area contributed by atoms with Crippen molar-refractivity contribution in [3.63, 3.8) is 0 Å². The Balaban J connectivity index is -0.000000846. The number of unbranched alkanes of at least 4 members (excludes halogenated alkanes) is 30. The molecular formula is C44H82FeO4. The first-order chi connectivity index (χ1) is 23.5. The standard InChI is InChI=1S/2C22H42O2.Fe/c2*1-2-3-4-5-6-7-8-9-10-11-12-13-14-15-16-17-18-19-20-21-22(23)24;/h2*9-10H,2-8,11-21H2,1H3,(H,23,24);/q;;+2/p-2/b2*10-9-;. The van der Waals surface area contributed by atoms with Gasteiger partial charge >= 0.3 is 17.1 Å². The van der Waals surface area contributed by atoms with Gasteiger partial charge in [0.2, 0.25) is 0 Å². The van der Waals surface area contributed by atoms with Crippen LogP contribution in [0.2, 0.25) is 0 Å². The zero-order valence-electron chi connectivity index (χ0n) is 32.8. The summed E-state index contributed by atoms with van der Waals surface area (Å²) in [7, 11) is 0.